The summed E-state index contributed by atoms with van der Waals surface area (Å²) in [6.45, 7) is 2.08. The highest BCUT2D eigenvalue weighted by Gasteiger charge is 2.21. The minimum atomic E-state index is 0.0311. The number of ether oxygens (including phenoxy) is 1. The van der Waals surface area contributed by atoms with Gasteiger partial charge in [-0.2, -0.15) is 5.10 Å². The topological polar surface area (TPSA) is 47.4 Å². The second-order valence-corrected chi connectivity index (χ2v) is 7.65. The molecule has 0 radical (unpaired) electrons. The monoisotopic (exact) mass is 377 g/mol. The Hall–Kier alpha value is -2.66. The molecule has 1 aromatic heterocycles. The normalized spacial score (nSPS) is 18.1. The molecule has 146 valence electrons. The van der Waals surface area contributed by atoms with Crippen LogP contribution < -0.4 is 10.3 Å². The number of nitrogens with zero attached hydrogens (tertiary/aromatic N) is 3. The average Bonchev–Trinajstić information content (AvgIpc) is 2.95. The highest BCUT2D eigenvalue weighted by molar-refractivity contribution is 5.83. The Morgan fingerprint density at radius 1 is 1.04 bits per heavy atom. The van der Waals surface area contributed by atoms with Gasteiger partial charge in [0.05, 0.1) is 24.2 Å². The first-order valence-electron chi connectivity index (χ1n) is 9.97. The number of methoxy groups -OCH3 is 1. The van der Waals surface area contributed by atoms with Crippen molar-refractivity contribution in [3.8, 4) is 5.75 Å². The van der Waals surface area contributed by atoms with Gasteiger partial charge >= 0.3 is 0 Å². The Morgan fingerprint density at radius 2 is 1.79 bits per heavy atom. The van der Waals surface area contributed by atoms with E-state index >= 15 is 0 Å². The molecule has 0 bridgehead atoms. The van der Waals surface area contributed by atoms with Gasteiger partial charge in [0, 0.05) is 11.8 Å². The van der Waals surface area contributed by atoms with Gasteiger partial charge in [-0.15, -0.1) is 0 Å². The van der Waals surface area contributed by atoms with Crippen molar-refractivity contribution in [2.45, 2.75) is 31.7 Å². The molecule has 4 rings (SSSR count). The maximum atomic E-state index is 13.2. The first-order chi connectivity index (χ1) is 13.7. The number of rotatable bonds is 4. The van der Waals surface area contributed by atoms with E-state index in [4.69, 9.17) is 9.84 Å². The summed E-state index contributed by atoms with van der Waals surface area (Å²) in [5.41, 5.74) is 2.14. The molecule has 28 heavy (non-hydrogen) atoms. The van der Waals surface area contributed by atoms with Gasteiger partial charge in [0.1, 0.15) is 5.75 Å². The quantitative estimate of drug-likeness (QED) is 0.696. The lowest BCUT2D eigenvalue weighted by Crippen LogP contribution is -2.29. The summed E-state index contributed by atoms with van der Waals surface area (Å²) < 4.78 is 7.02. The summed E-state index contributed by atoms with van der Waals surface area (Å²) >= 11 is 0. The van der Waals surface area contributed by atoms with Crippen LogP contribution in [0, 0.1) is 0 Å². The number of hydrogen-bond acceptors (Lipinski definition) is 4. The third kappa shape index (κ3) is 3.80. The van der Waals surface area contributed by atoms with Crippen molar-refractivity contribution in [2.24, 2.45) is 0 Å². The van der Waals surface area contributed by atoms with Gasteiger partial charge in [0.15, 0.2) is 0 Å². The van der Waals surface area contributed by atoms with Crippen LogP contribution in [0.3, 0.4) is 0 Å². The van der Waals surface area contributed by atoms with E-state index in [-0.39, 0.29) is 11.6 Å². The highest BCUT2D eigenvalue weighted by atomic mass is 16.5. The number of likely N-dealkylation sites (tertiary alicyclic amines) is 1. The van der Waals surface area contributed by atoms with Crippen molar-refractivity contribution < 1.29 is 4.74 Å². The summed E-state index contributed by atoms with van der Waals surface area (Å²) in [5.74, 6) is 0.842. The molecule has 1 fully saturated rings. The standard InChI is InChI=1S/C23H27N3O2/c1-25-14-5-6-18(13-15-25)26-23(27)21-8-4-3-7-20(21)22(24-26)16-17-9-11-19(28-2)12-10-17/h3-4,7-12,18H,5-6,13-16H2,1-2H3. The van der Waals surface area contributed by atoms with E-state index < -0.39 is 0 Å². The van der Waals surface area contributed by atoms with Gasteiger partial charge in [-0.05, 0) is 63.2 Å². The second-order valence-electron chi connectivity index (χ2n) is 7.65. The van der Waals surface area contributed by atoms with E-state index in [1.54, 1.807) is 11.8 Å². The van der Waals surface area contributed by atoms with Crippen LogP contribution in [0.25, 0.3) is 10.8 Å². The lowest BCUT2D eigenvalue weighted by Gasteiger charge is -2.19. The fourth-order valence-corrected chi connectivity index (χ4v) is 4.06. The zero-order valence-electron chi connectivity index (χ0n) is 16.6. The SMILES string of the molecule is COc1ccc(Cc2nn(C3CCCN(C)CC3)c(=O)c3ccccc23)cc1. The van der Waals surface area contributed by atoms with Gasteiger partial charge in [-0.3, -0.25) is 4.79 Å². The molecule has 0 N–H and O–H groups in total. The van der Waals surface area contributed by atoms with E-state index in [1.165, 1.54) is 0 Å². The number of benzene rings is 2. The molecule has 0 spiro atoms. The van der Waals surface area contributed by atoms with Crippen molar-refractivity contribution in [2.75, 3.05) is 27.2 Å². The smallest absolute Gasteiger partial charge is 0.274 e. The van der Waals surface area contributed by atoms with Crippen LogP contribution in [-0.2, 0) is 6.42 Å². The maximum Gasteiger partial charge on any atom is 0.274 e. The second kappa shape index (κ2) is 8.15. The van der Waals surface area contributed by atoms with Crippen molar-refractivity contribution in [1.82, 2.24) is 14.7 Å². The van der Waals surface area contributed by atoms with E-state index in [9.17, 15) is 4.79 Å². The first kappa shape index (κ1) is 18.7. The molecule has 3 aromatic rings. The van der Waals surface area contributed by atoms with Crippen LogP contribution in [0.2, 0.25) is 0 Å². The summed E-state index contributed by atoms with van der Waals surface area (Å²) in [7, 11) is 3.82. The zero-order valence-corrected chi connectivity index (χ0v) is 16.6. The predicted octanol–water partition coefficient (Wildman–Crippen LogP) is 3.65. The molecule has 2 aromatic carbocycles. The van der Waals surface area contributed by atoms with Crippen molar-refractivity contribution in [3.63, 3.8) is 0 Å². The Bertz CT molecular complexity index is 1010. The van der Waals surface area contributed by atoms with Crippen molar-refractivity contribution in [3.05, 3.63) is 70.1 Å². The molecule has 1 aliphatic heterocycles. The van der Waals surface area contributed by atoms with E-state index in [1.807, 2.05) is 36.4 Å². The van der Waals surface area contributed by atoms with Crippen LogP contribution in [-0.4, -0.2) is 41.9 Å². The molecule has 0 amide bonds. The zero-order chi connectivity index (χ0) is 19.5. The number of fused-ring (bicyclic) bond motifs is 1. The first-order valence-corrected chi connectivity index (χ1v) is 9.97. The minimum absolute atomic E-state index is 0.0311. The van der Waals surface area contributed by atoms with Crippen LogP contribution >= 0.6 is 0 Å². The Morgan fingerprint density at radius 3 is 2.54 bits per heavy atom. The summed E-state index contributed by atoms with van der Waals surface area (Å²) in [6, 6.07) is 16.1. The van der Waals surface area contributed by atoms with E-state index in [2.05, 4.69) is 24.1 Å². The third-order valence-corrected chi connectivity index (χ3v) is 5.70. The molecule has 1 unspecified atom stereocenters. The fraction of sp³-hybridized carbons (Fsp3) is 0.391. The average molecular weight is 377 g/mol. The van der Waals surface area contributed by atoms with Gasteiger partial charge in [0.25, 0.3) is 5.56 Å². The van der Waals surface area contributed by atoms with E-state index in [0.717, 1.165) is 60.1 Å². The minimum Gasteiger partial charge on any atom is -0.497 e. The fourth-order valence-electron chi connectivity index (χ4n) is 4.06. The molecular weight excluding hydrogens is 350 g/mol. The molecule has 0 aliphatic carbocycles. The molecular formula is C23H27N3O2. The van der Waals surface area contributed by atoms with Crippen LogP contribution in [0.1, 0.15) is 36.6 Å². The van der Waals surface area contributed by atoms with Gasteiger partial charge in [-0.1, -0.05) is 30.3 Å². The lowest BCUT2D eigenvalue weighted by molar-refractivity contribution is 0.334. The van der Waals surface area contributed by atoms with Gasteiger partial charge in [0.2, 0.25) is 0 Å². The Kier molecular flexibility index (Phi) is 5.44. The summed E-state index contributed by atoms with van der Waals surface area (Å²) in [5, 5.41) is 6.60. The van der Waals surface area contributed by atoms with Gasteiger partial charge in [-0.25, -0.2) is 4.68 Å². The van der Waals surface area contributed by atoms with Crippen LogP contribution in [0.15, 0.2) is 53.3 Å². The molecule has 0 saturated carbocycles. The largest absolute Gasteiger partial charge is 0.497 e. The van der Waals surface area contributed by atoms with Crippen LogP contribution in [0.5, 0.6) is 5.75 Å². The van der Waals surface area contributed by atoms with Gasteiger partial charge < -0.3 is 9.64 Å². The lowest BCUT2D eigenvalue weighted by atomic mass is 10.0. The molecule has 1 aliphatic rings. The Labute approximate surface area is 165 Å². The molecule has 5 nitrogen and oxygen atoms in total. The molecule has 5 heteroatoms. The number of aromatic nitrogens is 2. The van der Waals surface area contributed by atoms with Crippen molar-refractivity contribution in [1.29, 1.82) is 0 Å². The Balaban J connectivity index is 1.76. The number of hydrogen-bond donors (Lipinski definition) is 0. The molecule has 1 atom stereocenters. The summed E-state index contributed by atoms with van der Waals surface area (Å²) in [6.07, 6.45) is 3.74. The summed E-state index contributed by atoms with van der Waals surface area (Å²) in [4.78, 5) is 15.5. The van der Waals surface area contributed by atoms with Crippen molar-refractivity contribution >= 4 is 10.8 Å². The van der Waals surface area contributed by atoms with E-state index in [0.29, 0.717) is 6.42 Å². The predicted molar refractivity (Wildman–Crippen MR) is 112 cm³/mol. The maximum absolute atomic E-state index is 13.2. The molecule has 1 saturated heterocycles. The highest BCUT2D eigenvalue weighted by Crippen LogP contribution is 2.23. The van der Waals surface area contributed by atoms with Crippen LogP contribution in [0.4, 0.5) is 0 Å². The third-order valence-electron chi connectivity index (χ3n) is 5.70. The molecule has 2 heterocycles.